The average molecular weight is 244 g/mol. The summed E-state index contributed by atoms with van der Waals surface area (Å²) in [6.07, 6.45) is 2.30. The first kappa shape index (κ1) is 11.0. The second-order valence-electron chi connectivity index (χ2n) is 4.81. The standard InChI is InChI=1S/C12H16N6/c1-2-7-5-11(7)18-12(15-16-17-18)8-3-9(13)6-10(14)4-8/h3-4,6-7,11H,2,5,13-14H2,1H3. The maximum Gasteiger partial charge on any atom is 0.182 e. The fourth-order valence-electron chi connectivity index (χ4n) is 2.38. The lowest BCUT2D eigenvalue weighted by Crippen LogP contribution is -2.02. The van der Waals surface area contributed by atoms with Gasteiger partial charge in [-0.3, -0.25) is 0 Å². The molecule has 1 aromatic carbocycles. The van der Waals surface area contributed by atoms with E-state index >= 15 is 0 Å². The molecule has 4 N–H and O–H groups in total. The third-order valence-electron chi connectivity index (χ3n) is 3.45. The number of aromatic nitrogens is 4. The zero-order valence-corrected chi connectivity index (χ0v) is 10.2. The van der Waals surface area contributed by atoms with Crippen molar-refractivity contribution in [3.63, 3.8) is 0 Å². The quantitative estimate of drug-likeness (QED) is 0.797. The number of anilines is 2. The second kappa shape index (κ2) is 3.97. The van der Waals surface area contributed by atoms with Gasteiger partial charge in [0.15, 0.2) is 5.82 Å². The topological polar surface area (TPSA) is 95.6 Å². The summed E-state index contributed by atoms with van der Waals surface area (Å²) in [4.78, 5) is 0. The van der Waals surface area contributed by atoms with E-state index in [0.717, 1.165) is 24.2 Å². The Kier molecular flexibility index (Phi) is 2.43. The number of tetrazole rings is 1. The largest absolute Gasteiger partial charge is 0.399 e. The minimum absolute atomic E-state index is 0.419. The SMILES string of the molecule is CCC1CC1n1nnnc1-c1cc(N)cc(N)c1. The molecule has 0 spiro atoms. The predicted molar refractivity (Wildman–Crippen MR) is 69.5 cm³/mol. The molecular formula is C12H16N6. The fraction of sp³-hybridized carbons (Fsp3) is 0.417. The molecule has 0 amide bonds. The number of rotatable bonds is 3. The van der Waals surface area contributed by atoms with E-state index < -0.39 is 0 Å². The van der Waals surface area contributed by atoms with Crippen molar-refractivity contribution in [1.82, 2.24) is 20.2 Å². The van der Waals surface area contributed by atoms with Crippen LogP contribution in [0, 0.1) is 5.92 Å². The van der Waals surface area contributed by atoms with Crippen LogP contribution in [0.2, 0.25) is 0 Å². The van der Waals surface area contributed by atoms with Crippen molar-refractivity contribution in [2.75, 3.05) is 11.5 Å². The van der Waals surface area contributed by atoms with Crippen LogP contribution in [0.1, 0.15) is 25.8 Å². The summed E-state index contributed by atoms with van der Waals surface area (Å²) in [6.45, 7) is 2.19. The monoisotopic (exact) mass is 244 g/mol. The molecule has 94 valence electrons. The highest BCUT2D eigenvalue weighted by atomic mass is 15.6. The summed E-state index contributed by atoms with van der Waals surface area (Å²) >= 11 is 0. The molecule has 6 nitrogen and oxygen atoms in total. The minimum Gasteiger partial charge on any atom is -0.399 e. The van der Waals surface area contributed by atoms with E-state index in [4.69, 9.17) is 11.5 Å². The molecule has 0 saturated heterocycles. The molecule has 3 rings (SSSR count). The van der Waals surface area contributed by atoms with Crippen LogP contribution in [0.25, 0.3) is 11.4 Å². The molecule has 0 bridgehead atoms. The van der Waals surface area contributed by atoms with Crippen LogP contribution in [0.5, 0.6) is 0 Å². The van der Waals surface area contributed by atoms with Gasteiger partial charge in [-0.15, -0.1) is 5.10 Å². The molecule has 0 radical (unpaired) electrons. The van der Waals surface area contributed by atoms with Crippen LogP contribution >= 0.6 is 0 Å². The van der Waals surface area contributed by atoms with Gasteiger partial charge in [-0.2, -0.15) is 0 Å². The smallest absolute Gasteiger partial charge is 0.182 e. The van der Waals surface area contributed by atoms with E-state index in [-0.39, 0.29) is 0 Å². The van der Waals surface area contributed by atoms with Gasteiger partial charge in [0.2, 0.25) is 0 Å². The highest BCUT2D eigenvalue weighted by Crippen LogP contribution is 2.46. The van der Waals surface area contributed by atoms with Crippen LogP contribution in [0.3, 0.4) is 0 Å². The average Bonchev–Trinajstić information content (AvgIpc) is 2.95. The van der Waals surface area contributed by atoms with Gasteiger partial charge in [0.1, 0.15) is 0 Å². The molecule has 1 saturated carbocycles. The van der Waals surface area contributed by atoms with E-state index in [1.54, 1.807) is 6.07 Å². The predicted octanol–water partition coefficient (Wildman–Crippen LogP) is 1.48. The van der Waals surface area contributed by atoms with Gasteiger partial charge in [0.25, 0.3) is 0 Å². The number of hydrogen-bond acceptors (Lipinski definition) is 5. The van der Waals surface area contributed by atoms with Gasteiger partial charge >= 0.3 is 0 Å². The Balaban J connectivity index is 2.00. The minimum atomic E-state index is 0.419. The third kappa shape index (κ3) is 1.79. The molecule has 1 heterocycles. The number of nitrogens with zero attached hydrogens (tertiary/aromatic N) is 4. The number of nitrogens with two attached hydrogens (primary N) is 2. The first-order valence-corrected chi connectivity index (χ1v) is 6.13. The van der Waals surface area contributed by atoms with Crippen molar-refractivity contribution in [1.29, 1.82) is 0 Å². The first-order chi connectivity index (χ1) is 8.69. The Hall–Kier alpha value is -2.11. The lowest BCUT2D eigenvalue weighted by molar-refractivity contribution is 0.563. The van der Waals surface area contributed by atoms with Crippen molar-refractivity contribution in [3.05, 3.63) is 18.2 Å². The number of hydrogen-bond donors (Lipinski definition) is 2. The van der Waals surface area contributed by atoms with Crippen molar-refractivity contribution < 1.29 is 0 Å². The molecule has 1 aromatic heterocycles. The Labute approximate surface area is 105 Å². The Bertz CT molecular complexity index is 555. The summed E-state index contributed by atoms with van der Waals surface area (Å²) in [5.41, 5.74) is 13.7. The normalized spacial score (nSPS) is 22.1. The maximum atomic E-state index is 5.80. The summed E-state index contributed by atoms with van der Waals surface area (Å²) in [5.74, 6) is 1.43. The molecular weight excluding hydrogens is 228 g/mol. The highest BCUT2D eigenvalue weighted by molar-refractivity contribution is 5.68. The number of benzene rings is 1. The van der Waals surface area contributed by atoms with Crippen molar-refractivity contribution in [3.8, 4) is 11.4 Å². The van der Waals surface area contributed by atoms with E-state index in [1.807, 2.05) is 16.8 Å². The molecule has 0 aliphatic heterocycles. The zero-order chi connectivity index (χ0) is 12.7. The van der Waals surface area contributed by atoms with Crippen molar-refractivity contribution >= 4 is 11.4 Å². The highest BCUT2D eigenvalue weighted by Gasteiger charge is 2.39. The number of nitrogen functional groups attached to an aromatic ring is 2. The Morgan fingerprint density at radius 1 is 1.28 bits per heavy atom. The molecule has 1 aliphatic rings. The zero-order valence-electron chi connectivity index (χ0n) is 10.2. The Morgan fingerprint density at radius 3 is 2.61 bits per heavy atom. The first-order valence-electron chi connectivity index (χ1n) is 6.13. The lowest BCUT2D eigenvalue weighted by Gasteiger charge is -2.05. The fourth-order valence-corrected chi connectivity index (χ4v) is 2.38. The van der Waals surface area contributed by atoms with Gasteiger partial charge in [-0.25, -0.2) is 4.68 Å². The molecule has 2 aromatic rings. The van der Waals surface area contributed by atoms with Gasteiger partial charge in [0, 0.05) is 16.9 Å². The lowest BCUT2D eigenvalue weighted by atomic mass is 10.1. The molecule has 6 heteroatoms. The van der Waals surface area contributed by atoms with E-state index in [1.165, 1.54) is 0 Å². The van der Waals surface area contributed by atoms with Crippen LogP contribution < -0.4 is 11.5 Å². The molecule has 18 heavy (non-hydrogen) atoms. The van der Waals surface area contributed by atoms with Crippen molar-refractivity contribution in [2.24, 2.45) is 5.92 Å². The maximum absolute atomic E-state index is 5.80. The van der Waals surface area contributed by atoms with Crippen LogP contribution in [-0.4, -0.2) is 20.2 Å². The van der Waals surface area contributed by atoms with E-state index in [2.05, 4.69) is 22.4 Å². The molecule has 2 unspecified atom stereocenters. The Morgan fingerprint density at radius 2 is 2.00 bits per heavy atom. The summed E-state index contributed by atoms with van der Waals surface area (Å²) in [5, 5.41) is 11.9. The van der Waals surface area contributed by atoms with Crippen LogP contribution in [0.4, 0.5) is 11.4 Å². The summed E-state index contributed by atoms with van der Waals surface area (Å²) < 4.78 is 1.89. The van der Waals surface area contributed by atoms with E-state index in [9.17, 15) is 0 Å². The molecule has 1 fully saturated rings. The second-order valence-corrected chi connectivity index (χ2v) is 4.81. The molecule has 1 aliphatic carbocycles. The van der Waals surface area contributed by atoms with Gasteiger partial charge in [-0.1, -0.05) is 13.3 Å². The third-order valence-corrected chi connectivity index (χ3v) is 3.45. The summed E-state index contributed by atoms with van der Waals surface area (Å²) in [6, 6.07) is 5.84. The van der Waals surface area contributed by atoms with Crippen LogP contribution in [0.15, 0.2) is 18.2 Å². The van der Waals surface area contributed by atoms with Gasteiger partial charge in [-0.05, 0) is 41.0 Å². The van der Waals surface area contributed by atoms with Gasteiger partial charge < -0.3 is 11.5 Å². The van der Waals surface area contributed by atoms with Crippen LogP contribution in [-0.2, 0) is 0 Å². The van der Waals surface area contributed by atoms with Gasteiger partial charge in [0.05, 0.1) is 6.04 Å². The van der Waals surface area contributed by atoms with E-state index in [0.29, 0.717) is 23.3 Å². The molecule has 2 atom stereocenters. The summed E-state index contributed by atoms with van der Waals surface area (Å²) in [7, 11) is 0. The van der Waals surface area contributed by atoms with Crippen molar-refractivity contribution in [2.45, 2.75) is 25.8 Å².